The first kappa shape index (κ1) is 68.4. The van der Waals surface area contributed by atoms with Crippen LogP contribution in [-0.2, 0) is 123 Å². The Morgan fingerprint density at radius 2 is 0.830 bits per heavy atom. The maximum Gasteiger partial charge on any atom is 0.303 e. The molecule has 0 radical (unpaired) electrons. The molecule has 1 N–H and O–H groups in total. The number of alkyl halides is 2. The van der Waals surface area contributed by atoms with Crippen LogP contribution < -0.4 is 0 Å². The molecular weight excluding hydrogens is 1270 g/mol. The van der Waals surface area contributed by atoms with E-state index in [1.54, 1.807) is 0 Å². The van der Waals surface area contributed by atoms with Crippen LogP contribution in [0.5, 0.6) is 0 Å². The van der Waals surface area contributed by atoms with Crippen LogP contribution in [0.2, 0.25) is 0 Å². The summed E-state index contributed by atoms with van der Waals surface area (Å²) in [6.07, 6.45) is -19.3. The van der Waals surface area contributed by atoms with Crippen LogP contribution in [0.15, 0.2) is 152 Å². The van der Waals surface area contributed by atoms with Gasteiger partial charge in [0, 0.05) is 44.5 Å². The number of esters is 4. The lowest BCUT2D eigenvalue weighted by atomic mass is 9.95. The molecular formula is C66H78Br2O20. The van der Waals surface area contributed by atoms with E-state index in [2.05, 4.69) is 31.9 Å². The van der Waals surface area contributed by atoms with Gasteiger partial charge in [0.15, 0.2) is 37.2 Å². The van der Waals surface area contributed by atoms with Crippen LogP contribution >= 0.6 is 31.9 Å². The van der Waals surface area contributed by atoms with Gasteiger partial charge in [-0.3, -0.25) is 19.2 Å². The molecule has 1 unspecified atom stereocenters. The largest absolute Gasteiger partial charge is 0.463 e. The topological polar surface area (TPSA) is 227 Å². The lowest BCUT2D eigenvalue weighted by Gasteiger charge is -2.51. The van der Waals surface area contributed by atoms with Crippen molar-refractivity contribution in [3.8, 4) is 0 Å². The molecule has 0 bridgehead atoms. The zero-order valence-electron chi connectivity index (χ0n) is 49.6. The molecule has 20 nitrogen and oxygen atoms in total. The molecule has 3 saturated heterocycles. The van der Waals surface area contributed by atoms with Gasteiger partial charge in [-0.05, 0) is 40.7 Å². The minimum atomic E-state index is -1.73. The van der Waals surface area contributed by atoms with Crippen molar-refractivity contribution in [2.75, 3.05) is 31.8 Å². The maximum atomic E-state index is 13.2. The maximum absolute atomic E-state index is 13.2. The van der Waals surface area contributed by atoms with Gasteiger partial charge in [-0.15, -0.1) is 0 Å². The minimum absolute atomic E-state index is 0.0437. The highest BCUT2D eigenvalue weighted by atomic mass is 79.9. The highest BCUT2D eigenvalue weighted by Gasteiger charge is 2.58. The summed E-state index contributed by atoms with van der Waals surface area (Å²) in [5.41, 5.74) is 4.19. The number of hydrogen-bond acceptors (Lipinski definition) is 20. The number of carbonyl (C=O) groups excluding carboxylic acids is 4. The van der Waals surface area contributed by atoms with E-state index in [9.17, 15) is 24.3 Å². The number of hydrogen-bond donors (Lipinski definition) is 1. The molecule has 0 spiro atoms. The number of benzene rings is 5. The molecule has 5 aromatic carbocycles. The Morgan fingerprint density at radius 3 is 1.31 bits per heavy atom. The van der Waals surface area contributed by atoms with Crippen molar-refractivity contribution >= 4 is 55.7 Å². The number of carbonyl (C=O) groups is 4. The van der Waals surface area contributed by atoms with Crippen molar-refractivity contribution in [2.45, 2.75) is 171 Å². The van der Waals surface area contributed by atoms with E-state index in [-0.39, 0.29) is 57.7 Å². The Kier molecular flexibility index (Phi) is 27.8. The molecule has 5 aromatic rings. The quantitative estimate of drug-likeness (QED) is 0.0184. The summed E-state index contributed by atoms with van der Waals surface area (Å²) in [7, 11) is 0. The van der Waals surface area contributed by atoms with E-state index in [0.29, 0.717) is 18.2 Å². The SMILES string of the molecule is CC(=O)OC[C@H]1O[C@@H](O[C@H]2[C@H](OCc3ccccc3)[C@H](O[C@H]3O[C@H](COCc4ccccc4)[C@@H](OCc4ccccc4)[C@H](OCc4ccccc4)[C@@H]3O)[C@@H](OCCCC(Br)CBr)O[C@@H]2COCc2ccccc2)[C@H](OC(C)=O)[C@@H](OC(C)=O)[C@H]1OC(C)=O. The second kappa shape index (κ2) is 35.7. The van der Waals surface area contributed by atoms with E-state index in [1.807, 2.05) is 152 Å². The number of aliphatic hydroxyl groups is 1. The van der Waals surface area contributed by atoms with Crippen LogP contribution in [0.4, 0.5) is 0 Å². The van der Waals surface area contributed by atoms with E-state index in [0.717, 1.165) is 48.6 Å². The fourth-order valence-corrected chi connectivity index (χ4v) is 11.0. The molecule has 8 rings (SSSR count). The highest BCUT2D eigenvalue weighted by molar-refractivity contribution is 9.12. The van der Waals surface area contributed by atoms with Crippen LogP contribution in [0, 0.1) is 0 Å². The molecule has 476 valence electrons. The average Bonchev–Trinajstić information content (AvgIpc) is 1.15. The smallest absolute Gasteiger partial charge is 0.303 e. The zero-order chi connectivity index (χ0) is 62.2. The summed E-state index contributed by atoms with van der Waals surface area (Å²) in [6, 6.07) is 47.6. The Morgan fingerprint density at radius 1 is 0.432 bits per heavy atom. The Bertz CT molecular complexity index is 2850. The summed E-state index contributed by atoms with van der Waals surface area (Å²) in [6.45, 7) is 4.44. The van der Waals surface area contributed by atoms with E-state index < -0.39 is 123 Å². The van der Waals surface area contributed by atoms with Gasteiger partial charge >= 0.3 is 23.9 Å². The fourth-order valence-electron chi connectivity index (χ4n) is 10.4. The third kappa shape index (κ3) is 21.0. The molecule has 0 saturated carbocycles. The first-order valence-electron chi connectivity index (χ1n) is 29.3. The van der Waals surface area contributed by atoms with E-state index >= 15 is 0 Å². The van der Waals surface area contributed by atoms with Crippen molar-refractivity contribution in [3.63, 3.8) is 0 Å². The lowest BCUT2D eigenvalue weighted by molar-refractivity contribution is -0.394. The number of aliphatic hydroxyl groups excluding tert-OH is 1. The van der Waals surface area contributed by atoms with Gasteiger partial charge in [0.1, 0.15) is 61.5 Å². The van der Waals surface area contributed by atoms with Crippen molar-refractivity contribution in [2.24, 2.45) is 0 Å². The standard InChI is InChI=1S/C66H78Br2O20/c1-42(69)77-41-54-58(81-43(2)70)61(82-44(3)71)63(83-45(4)72)66(86-54)87-57-53(40-75-35-47-23-12-6-13-24-47)85-65(76-32-20-31-51(68)33-67)62(60(57)80-38-50-29-18-9-19-30-50)88-64-55(73)59(79-37-49-27-16-8-17-28-49)56(78-36-48-25-14-7-15-26-48)52(84-64)39-74-34-46-21-10-5-11-22-46/h5-19,21-30,51-66,73H,20,31-41H2,1-4H3/t51?,52-,53-,54-,55+,56-,57-,58+,59-,60+,61+,62+,63-,64-,65+,66+/m1/s1. The molecule has 3 aliphatic heterocycles. The molecule has 88 heavy (non-hydrogen) atoms. The summed E-state index contributed by atoms with van der Waals surface area (Å²) >= 11 is 7.27. The van der Waals surface area contributed by atoms with Crippen LogP contribution in [0.25, 0.3) is 0 Å². The number of halogens is 2. The monoisotopic (exact) mass is 1350 g/mol. The minimum Gasteiger partial charge on any atom is -0.463 e. The normalized spacial score (nSPS) is 27.4. The number of ether oxygens (including phenoxy) is 15. The third-order valence-corrected chi connectivity index (χ3v) is 16.9. The molecule has 16 atom stereocenters. The predicted octanol–water partition coefficient (Wildman–Crippen LogP) is 8.80. The Hall–Kier alpha value is -5.54. The predicted molar refractivity (Wildman–Crippen MR) is 324 cm³/mol. The molecule has 3 heterocycles. The van der Waals surface area contributed by atoms with Gasteiger partial charge in [-0.2, -0.15) is 0 Å². The lowest BCUT2D eigenvalue weighted by Crippen LogP contribution is -2.68. The second-order valence-corrected chi connectivity index (χ2v) is 23.3. The summed E-state index contributed by atoms with van der Waals surface area (Å²) in [5, 5.41) is 13.7. The zero-order valence-corrected chi connectivity index (χ0v) is 52.8. The molecule has 22 heteroatoms. The van der Waals surface area contributed by atoms with Crippen LogP contribution in [0.3, 0.4) is 0 Å². The highest BCUT2D eigenvalue weighted by Crippen LogP contribution is 2.39. The van der Waals surface area contributed by atoms with Gasteiger partial charge in [-0.1, -0.05) is 184 Å². The first-order chi connectivity index (χ1) is 42.7. The fraction of sp³-hybridized carbons (Fsp3) is 0.485. The molecule has 3 fully saturated rings. The Balaban J connectivity index is 1.24. The average molecular weight is 1350 g/mol. The van der Waals surface area contributed by atoms with Gasteiger partial charge in [0.25, 0.3) is 0 Å². The molecule has 0 aliphatic carbocycles. The third-order valence-electron chi connectivity index (χ3n) is 14.5. The summed E-state index contributed by atoms with van der Waals surface area (Å²) < 4.78 is 98.1. The first-order valence-corrected chi connectivity index (χ1v) is 31.4. The Labute approximate surface area is 530 Å². The van der Waals surface area contributed by atoms with Crippen LogP contribution in [0.1, 0.15) is 68.4 Å². The van der Waals surface area contributed by atoms with Gasteiger partial charge in [-0.25, -0.2) is 0 Å². The molecule has 0 aromatic heterocycles. The van der Waals surface area contributed by atoms with Crippen LogP contribution in [-0.4, -0.2) is 158 Å². The number of rotatable bonds is 32. The second-order valence-electron chi connectivity index (χ2n) is 21.4. The van der Waals surface area contributed by atoms with Crippen molar-refractivity contribution in [3.05, 3.63) is 179 Å². The molecule has 3 aliphatic rings. The van der Waals surface area contributed by atoms with Crippen molar-refractivity contribution in [1.29, 1.82) is 0 Å². The van der Waals surface area contributed by atoms with Gasteiger partial charge in [0.05, 0.1) is 46.2 Å². The summed E-state index contributed by atoms with van der Waals surface area (Å²) in [5.74, 6) is -3.20. The van der Waals surface area contributed by atoms with Crippen molar-refractivity contribution in [1.82, 2.24) is 0 Å². The van der Waals surface area contributed by atoms with E-state index in [1.165, 1.54) is 6.92 Å². The van der Waals surface area contributed by atoms with Gasteiger partial charge < -0.3 is 76.2 Å². The van der Waals surface area contributed by atoms with Crippen molar-refractivity contribution < 1.29 is 95.3 Å². The van der Waals surface area contributed by atoms with Gasteiger partial charge in [0.2, 0.25) is 0 Å². The molecule has 0 amide bonds. The van der Waals surface area contributed by atoms with E-state index in [4.69, 9.17) is 71.1 Å². The summed E-state index contributed by atoms with van der Waals surface area (Å²) in [4.78, 5) is 51.6.